The van der Waals surface area contributed by atoms with E-state index >= 15 is 0 Å². The van der Waals surface area contributed by atoms with Gasteiger partial charge in [0.15, 0.2) is 0 Å². The number of nitrogens with one attached hydrogen (secondary N) is 2. The number of rotatable bonds is 3. The Bertz CT molecular complexity index is 809. The highest BCUT2D eigenvalue weighted by atomic mass is 16.1. The van der Waals surface area contributed by atoms with E-state index in [2.05, 4.69) is 20.5 Å². The first-order valence-electron chi connectivity index (χ1n) is 6.16. The van der Waals surface area contributed by atoms with Crippen LogP contribution in [0.5, 0.6) is 0 Å². The number of fused-ring (bicyclic) bond motifs is 1. The number of benzene rings is 2. The third-order valence-electron chi connectivity index (χ3n) is 2.78. The van der Waals surface area contributed by atoms with Crippen molar-refractivity contribution in [1.29, 1.82) is 0 Å². The second-order valence-corrected chi connectivity index (χ2v) is 4.20. The summed E-state index contributed by atoms with van der Waals surface area (Å²) in [4.78, 5) is 18.9. The third kappa shape index (κ3) is 2.56. The van der Waals surface area contributed by atoms with E-state index in [1.807, 2.05) is 54.6 Å². The molecule has 0 fully saturated rings. The van der Waals surface area contributed by atoms with Crippen LogP contribution in [0.3, 0.4) is 0 Å². The summed E-state index contributed by atoms with van der Waals surface area (Å²) in [5.41, 5.74) is 5.15. The van der Waals surface area contributed by atoms with E-state index in [1.54, 1.807) is 0 Å². The lowest BCUT2D eigenvalue weighted by molar-refractivity contribution is 1.19. The first kappa shape index (κ1) is 12.1. The molecule has 98 valence electrons. The zero-order valence-corrected chi connectivity index (χ0v) is 10.6. The fourth-order valence-corrected chi connectivity index (χ4v) is 1.81. The van der Waals surface area contributed by atoms with Crippen LogP contribution in [0.2, 0.25) is 0 Å². The molecule has 0 amide bonds. The van der Waals surface area contributed by atoms with Crippen molar-refractivity contribution in [3.05, 3.63) is 70.6 Å². The third-order valence-corrected chi connectivity index (χ3v) is 2.78. The van der Waals surface area contributed by atoms with Gasteiger partial charge in [0.05, 0.1) is 22.9 Å². The number of H-pyrrole nitrogens is 1. The number of nitrogens with zero attached hydrogens (tertiary/aromatic N) is 2. The van der Waals surface area contributed by atoms with Crippen molar-refractivity contribution >= 4 is 22.9 Å². The topological polar surface area (TPSA) is 70.1 Å². The summed E-state index contributed by atoms with van der Waals surface area (Å²) in [5.74, 6) is 0. The van der Waals surface area contributed by atoms with Crippen LogP contribution in [0.15, 0.2) is 64.5 Å². The maximum atomic E-state index is 11.8. The van der Waals surface area contributed by atoms with Gasteiger partial charge in [-0.2, -0.15) is 5.10 Å². The Kier molecular flexibility index (Phi) is 3.24. The molecule has 0 radical (unpaired) electrons. The molecule has 1 heterocycles. The van der Waals surface area contributed by atoms with Crippen LogP contribution < -0.4 is 11.0 Å². The monoisotopic (exact) mass is 264 g/mol. The average molecular weight is 264 g/mol. The number of aromatic nitrogens is 2. The van der Waals surface area contributed by atoms with Gasteiger partial charge in [0, 0.05) is 0 Å². The van der Waals surface area contributed by atoms with Gasteiger partial charge in [-0.1, -0.05) is 30.3 Å². The van der Waals surface area contributed by atoms with Gasteiger partial charge in [-0.3, -0.25) is 10.2 Å². The molecular formula is C15H12N4O. The second kappa shape index (κ2) is 5.36. The number of para-hydroxylation sites is 3. The summed E-state index contributed by atoms with van der Waals surface area (Å²) in [6.07, 6.45) is 1.41. The van der Waals surface area contributed by atoms with E-state index in [-0.39, 0.29) is 11.3 Å². The maximum absolute atomic E-state index is 11.8. The van der Waals surface area contributed by atoms with Gasteiger partial charge in [-0.25, -0.2) is 4.98 Å². The van der Waals surface area contributed by atoms with Crippen LogP contribution in [0.25, 0.3) is 11.0 Å². The summed E-state index contributed by atoms with van der Waals surface area (Å²) < 4.78 is 0. The smallest absolute Gasteiger partial charge is 0.276 e. The van der Waals surface area contributed by atoms with Crippen LogP contribution in [0.1, 0.15) is 5.69 Å². The molecule has 0 saturated heterocycles. The van der Waals surface area contributed by atoms with Gasteiger partial charge in [-0.05, 0) is 24.3 Å². The molecule has 1 aromatic heterocycles. The SMILES string of the molecule is O=c1[nH]c2ccccc2nc1/C=N/Nc1ccccc1. The van der Waals surface area contributed by atoms with Gasteiger partial charge >= 0.3 is 0 Å². The molecule has 3 rings (SSSR count). The summed E-state index contributed by atoms with van der Waals surface area (Å²) in [5, 5.41) is 4.02. The zero-order valence-electron chi connectivity index (χ0n) is 10.6. The van der Waals surface area contributed by atoms with Gasteiger partial charge in [0.1, 0.15) is 5.69 Å². The van der Waals surface area contributed by atoms with E-state index in [0.29, 0.717) is 5.52 Å². The van der Waals surface area contributed by atoms with Crippen molar-refractivity contribution in [2.24, 2.45) is 5.10 Å². The molecule has 0 unspecified atom stereocenters. The zero-order chi connectivity index (χ0) is 13.8. The average Bonchev–Trinajstić information content (AvgIpc) is 2.49. The van der Waals surface area contributed by atoms with Gasteiger partial charge < -0.3 is 4.98 Å². The molecule has 0 aliphatic heterocycles. The highest BCUT2D eigenvalue weighted by Crippen LogP contribution is 2.06. The molecule has 0 saturated carbocycles. The Balaban J connectivity index is 1.87. The Morgan fingerprint density at radius 3 is 2.65 bits per heavy atom. The highest BCUT2D eigenvalue weighted by molar-refractivity contribution is 5.82. The van der Waals surface area contributed by atoms with E-state index < -0.39 is 0 Å². The molecule has 0 aliphatic rings. The van der Waals surface area contributed by atoms with Crippen LogP contribution >= 0.6 is 0 Å². The minimum absolute atomic E-state index is 0.262. The Morgan fingerprint density at radius 1 is 1.05 bits per heavy atom. The van der Waals surface area contributed by atoms with Crippen molar-refractivity contribution in [1.82, 2.24) is 9.97 Å². The van der Waals surface area contributed by atoms with Crippen molar-refractivity contribution in [2.75, 3.05) is 5.43 Å². The largest absolute Gasteiger partial charge is 0.319 e. The van der Waals surface area contributed by atoms with E-state index in [0.717, 1.165) is 11.2 Å². The van der Waals surface area contributed by atoms with Crippen molar-refractivity contribution in [2.45, 2.75) is 0 Å². The van der Waals surface area contributed by atoms with Crippen LogP contribution in [0.4, 0.5) is 5.69 Å². The number of hydrogen-bond donors (Lipinski definition) is 2. The molecule has 5 nitrogen and oxygen atoms in total. The van der Waals surface area contributed by atoms with Crippen LogP contribution in [0, 0.1) is 0 Å². The minimum atomic E-state index is -0.262. The predicted molar refractivity (Wildman–Crippen MR) is 80.0 cm³/mol. The van der Waals surface area contributed by atoms with Crippen molar-refractivity contribution in [3.63, 3.8) is 0 Å². The highest BCUT2D eigenvalue weighted by Gasteiger charge is 2.01. The Labute approximate surface area is 115 Å². The summed E-state index contributed by atoms with van der Waals surface area (Å²) in [6.45, 7) is 0. The van der Waals surface area contributed by atoms with Crippen LogP contribution in [-0.2, 0) is 0 Å². The molecule has 3 aromatic rings. The number of hydrazone groups is 1. The molecule has 0 aliphatic carbocycles. The lowest BCUT2D eigenvalue weighted by Gasteiger charge is -1.99. The molecule has 2 N–H and O–H groups in total. The molecule has 0 spiro atoms. The molecular weight excluding hydrogens is 252 g/mol. The minimum Gasteiger partial charge on any atom is -0.319 e. The van der Waals surface area contributed by atoms with E-state index in [1.165, 1.54) is 6.21 Å². The normalized spacial score (nSPS) is 11.0. The summed E-state index contributed by atoms with van der Waals surface area (Å²) in [6, 6.07) is 16.9. The molecule has 20 heavy (non-hydrogen) atoms. The fourth-order valence-electron chi connectivity index (χ4n) is 1.81. The summed E-state index contributed by atoms with van der Waals surface area (Å²) >= 11 is 0. The molecule has 5 heteroatoms. The predicted octanol–water partition coefficient (Wildman–Crippen LogP) is 2.37. The Hall–Kier alpha value is -2.95. The summed E-state index contributed by atoms with van der Waals surface area (Å²) in [7, 11) is 0. The maximum Gasteiger partial charge on any atom is 0.276 e. The quantitative estimate of drug-likeness (QED) is 0.563. The number of hydrogen-bond acceptors (Lipinski definition) is 4. The first-order valence-corrected chi connectivity index (χ1v) is 6.16. The molecule has 0 bridgehead atoms. The lowest BCUT2D eigenvalue weighted by atomic mass is 10.3. The second-order valence-electron chi connectivity index (χ2n) is 4.20. The van der Waals surface area contributed by atoms with E-state index in [9.17, 15) is 4.79 Å². The lowest BCUT2D eigenvalue weighted by Crippen LogP contribution is -2.15. The van der Waals surface area contributed by atoms with Crippen molar-refractivity contribution in [3.8, 4) is 0 Å². The molecule has 0 atom stereocenters. The van der Waals surface area contributed by atoms with Gasteiger partial charge in [0.2, 0.25) is 0 Å². The number of anilines is 1. The Morgan fingerprint density at radius 2 is 1.80 bits per heavy atom. The first-order chi connectivity index (χ1) is 9.83. The van der Waals surface area contributed by atoms with Crippen molar-refractivity contribution < 1.29 is 0 Å². The molecule has 2 aromatic carbocycles. The van der Waals surface area contributed by atoms with Crippen LogP contribution in [-0.4, -0.2) is 16.2 Å². The number of aromatic amines is 1. The standard InChI is InChI=1S/C15H12N4O/c20-15-14(10-16-19-11-6-2-1-3-7-11)17-12-8-4-5-9-13(12)18-15/h1-10,19H,(H,18,20)/b16-10+. The fraction of sp³-hybridized carbons (Fsp3) is 0. The van der Waals surface area contributed by atoms with Gasteiger partial charge in [0.25, 0.3) is 5.56 Å². The van der Waals surface area contributed by atoms with E-state index in [4.69, 9.17) is 0 Å². The van der Waals surface area contributed by atoms with Gasteiger partial charge in [-0.15, -0.1) is 0 Å².